The van der Waals surface area contributed by atoms with Gasteiger partial charge < -0.3 is 5.11 Å². The molecule has 0 amide bonds. The van der Waals surface area contributed by atoms with Gasteiger partial charge >= 0.3 is 6.23 Å². The molecule has 1 N–H and O–H groups in total. The summed E-state index contributed by atoms with van der Waals surface area (Å²) in [5.41, 5.74) is 0. The van der Waals surface area contributed by atoms with E-state index in [-0.39, 0.29) is 13.0 Å². The SMILES string of the molecule is O=[N+]([O-])CCCCCC(O)[N+](=O)[O-]. The molecule has 76 valence electrons. The minimum atomic E-state index is -1.53. The van der Waals surface area contributed by atoms with Crippen molar-refractivity contribution in [3.05, 3.63) is 20.2 Å². The predicted molar refractivity (Wildman–Crippen MR) is 43.3 cm³/mol. The zero-order valence-corrected chi connectivity index (χ0v) is 7.09. The van der Waals surface area contributed by atoms with Crippen LogP contribution in [-0.4, -0.2) is 27.7 Å². The quantitative estimate of drug-likeness (QED) is 0.272. The molecule has 7 heteroatoms. The number of nitro groups is 2. The van der Waals surface area contributed by atoms with Crippen molar-refractivity contribution in [2.24, 2.45) is 0 Å². The first-order chi connectivity index (χ1) is 6.04. The summed E-state index contributed by atoms with van der Waals surface area (Å²) in [5, 5.41) is 28.5. The third-order valence-corrected chi connectivity index (χ3v) is 1.55. The van der Waals surface area contributed by atoms with E-state index >= 15 is 0 Å². The smallest absolute Gasteiger partial charge is 0.312 e. The predicted octanol–water partition coefficient (Wildman–Crippen LogP) is 0.419. The van der Waals surface area contributed by atoms with Gasteiger partial charge in [-0.2, -0.15) is 0 Å². The number of aliphatic hydroxyl groups excluding tert-OH is 1. The van der Waals surface area contributed by atoms with E-state index < -0.39 is 16.1 Å². The normalized spacial score (nSPS) is 12.4. The highest BCUT2D eigenvalue weighted by Gasteiger charge is 2.13. The molecule has 0 rings (SSSR count). The first kappa shape index (κ1) is 11.8. The van der Waals surface area contributed by atoms with E-state index in [1.54, 1.807) is 0 Å². The number of unbranched alkanes of at least 4 members (excludes halogenated alkanes) is 2. The van der Waals surface area contributed by atoms with Gasteiger partial charge in [-0.05, 0) is 12.8 Å². The molecule has 1 unspecified atom stereocenters. The zero-order valence-electron chi connectivity index (χ0n) is 7.09. The van der Waals surface area contributed by atoms with Gasteiger partial charge in [0.15, 0.2) is 0 Å². The fourth-order valence-corrected chi connectivity index (χ4v) is 0.850. The summed E-state index contributed by atoms with van der Waals surface area (Å²) in [6, 6.07) is 0. The van der Waals surface area contributed by atoms with Gasteiger partial charge in [-0.3, -0.25) is 20.2 Å². The van der Waals surface area contributed by atoms with E-state index in [1.807, 2.05) is 0 Å². The Kier molecular flexibility index (Phi) is 5.69. The summed E-state index contributed by atoms with van der Waals surface area (Å²) in [5.74, 6) is 0. The summed E-state index contributed by atoms with van der Waals surface area (Å²) < 4.78 is 0. The van der Waals surface area contributed by atoms with Crippen LogP contribution in [0.15, 0.2) is 0 Å². The summed E-state index contributed by atoms with van der Waals surface area (Å²) in [7, 11) is 0. The Morgan fingerprint density at radius 3 is 2.23 bits per heavy atom. The van der Waals surface area contributed by atoms with Crippen LogP contribution in [-0.2, 0) is 0 Å². The average Bonchev–Trinajstić information content (AvgIpc) is 2.02. The van der Waals surface area contributed by atoms with Gasteiger partial charge in [0.05, 0.1) is 4.92 Å². The lowest BCUT2D eigenvalue weighted by molar-refractivity contribution is -0.571. The molecule has 0 aliphatic heterocycles. The van der Waals surface area contributed by atoms with Crippen LogP contribution in [0.1, 0.15) is 25.7 Å². The Balaban J connectivity index is 3.26. The fourth-order valence-electron chi connectivity index (χ4n) is 0.850. The van der Waals surface area contributed by atoms with Crippen LogP contribution in [0.4, 0.5) is 0 Å². The molecule has 0 fully saturated rings. The second kappa shape index (κ2) is 6.30. The highest BCUT2D eigenvalue weighted by atomic mass is 16.7. The van der Waals surface area contributed by atoms with Crippen molar-refractivity contribution >= 4 is 0 Å². The van der Waals surface area contributed by atoms with Crippen LogP contribution < -0.4 is 0 Å². The Hall–Kier alpha value is -1.24. The molecule has 0 aromatic rings. The van der Waals surface area contributed by atoms with Crippen LogP contribution in [0.2, 0.25) is 0 Å². The van der Waals surface area contributed by atoms with Crippen molar-refractivity contribution in [2.75, 3.05) is 6.54 Å². The van der Waals surface area contributed by atoms with E-state index in [0.717, 1.165) is 0 Å². The standard InChI is InChI=1S/C6H12N2O5/c9-6(8(12)13)4-2-1-3-5-7(10)11/h6,9H,1-5H2. The summed E-state index contributed by atoms with van der Waals surface area (Å²) in [6.45, 7) is -0.117. The van der Waals surface area contributed by atoms with Gasteiger partial charge in [0.2, 0.25) is 6.54 Å². The molecule has 0 radical (unpaired) electrons. The monoisotopic (exact) mass is 192 g/mol. The van der Waals surface area contributed by atoms with Gasteiger partial charge in [0, 0.05) is 17.8 Å². The fraction of sp³-hybridized carbons (Fsp3) is 1.00. The molecule has 0 aromatic heterocycles. The second-order valence-electron chi connectivity index (χ2n) is 2.67. The maximum atomic E-state index is 9.92. The lowest BCUT2D eigenvalue weighted by Gasteiger charge is -2.00. The van der Waals surface area contributed by atoms with E-state index in [4.69, 9.17) is 5.11 Å². The molecule has 0 aliphatic carbocycles. The van der Waals surface area contributed by atoms with Crippen LogP contribution in [0, 0.1) is 20.2 Å². The van der Waals surface area contributed by atoms with Crippen molar-refractivity contribution in [2.45, 2.75) is 31.9 Å². The van der Waals surface area contributed by atoms with E-state index in [9.17, 15) is 20.2 Å². The maximum Gasteiger partial charge on any atom is 0.312 e. The Labute approximate surface area is 74.7 Å². The molecule has 0 saturated carbocycles. The minimum Gasteiger partial charge on any atom is -0.333 e. The molecule has 13 heavy (non-hydrogen) atoms. The van der Waals surface area contributed by atoms with Crippen molar-refractivity contribution in [3.8, 4) is 0 Å². The van der Waals surface area contributed by atoms with Crippen LogP contribution >= 0.6 is 0 Å². The van der Waals surface area contributed by atoms with Gasteiger partial charge in [-0.25, -0.2) is 0 Å². The lowest BCUT2D eigenvalue weighted by Crippen LogP contribution is -2.18. The largest absolute Gasteiger partial charge is 0.333 e. The van der Waals surface area contributed by atoms with Crippen LogP contribution in [0.3, 0.4) is 0 Å². The van der Waals surface area contributed by atoms with Crippen LogP contribution in [0.5, 0.6) is 0 Å². The Bertz CT molecular complexity index is 184. The van der Waals surface area contributed by atoms with Crippen molar-refractivity contribution in [1.29, 1.82) is 0 Å². The molecule has 0 aliphatic rings. The molecule has 0 aromatic carbocycles. The first-order valence-corrected chi connectivity index (χ1v) is 3.97. The molecule has 0 saturated heterocycles. The summed E-state index contributed by atoms with van der Waals surface area (Å²) in [4.78, 5) is 18.6. The molecule has 1 atom stereocenters. The number of nitrogens with zero attached hydrogens (tertiary/aromatic N) is 2. The first-order valence-electron chi connectivity index (χ1n) is 3.97. The average molecular weight is 192 g/mol. The van der Waals surface area contributed by atoms with E-state index in [1.165, 1.54) is 0 Å². The van der Waals surface area contributed by atoms with E-state index in [0.29, 0.717) is 19.3 Å². The van der Waals surface area contributed by atoms with Crippen LogP contribution in [0.25, 0.3) is 0 Å². The topological polar surface area (TPSA) is 107 Å². The van der Waals surface area contributed by atoms with Gasteiger partial charge in [0.25, 0.3) is 0 Å². The molecular weight excluding hydrogens is 180 g/mol. The highest BCUT2D eigenvalue weighted by molar-refractivity contribution is 4.44. The van der Waals surface area contributed by atoms with Crippen molar-refractivity contribution in [1.82, 2.24) is 0 Å². The Morgan fingerprint density at radius 1 is 1.15 bits per heavy atom. The number of hydrogen-bond acceptors (Lipinski definition) is 5. The van der Waals surface area contributed by atoms with E-state index in [2.05, 4.69) is 0 Å². The molecular formula is C6H12N2O5. The van der Waals surface area contributed by atoms with Gasteiger partial charge in [-0.15, -0.1) is 0 Å². The van der Waals surface area contributed by atoms with Gasteiger partial charge in [-0.1, -0.05) is 0 Å². The second-order valence-corrected chi connectivity index (χ2v) is 2.67. The zero-order chi connectivity index (χ0) is 10.3. The number of hydrogen-bond donors (Lipinski definition) is 1. The molecule has 0 spiro atoms. The number of rotatable bonds is 7. The molecule has 7 nitrogen and oxygen atoms in total. The van der Waals surface area contributed by atoms with Crippen molar-refractivity contribution < 1.29 is 15.0 Å². The Morgan fingerprint density at radius 2 is 1.77 bits per heavy atom. The molecule has 0 bridgehead atoms. The lowest BCUT2D eigenvalue weighted by atomic mass is 10.2. The summed E-state index contributed by atoms with van der Waals surface area (Å²) >= 11 is 0. The third-order valence-electron chi connectivity index (χ3n) is 1.55. The minimum absolute atomic E-state index is 0.0602. The highest BCUT2D eigenvalue weighted by Crippen LogP contribution is 2.03. The summed E-state index contributed by atoms with van der Waals surface area (Å²) in [6.07, 6.45) is -0.0973. The molecule has 0 heterocycles. The van der Waals surface area contributed by atoms with Crippen molar-refractivity contribution in [3.63, 3.8) is 0 Å². The third kappa shape index (κ3) is 7.13. The number of aliphatic hydroxyl groups is 1. The van der Waals surface area contributed by atoms with Gasteiger partial charge in [0.1, 0.15) is 0 Å². The maximum absolute atomic E-state index is 9.92.